The van der Waals surface area contributed by atoms with Crippen molar-refractivity contribution in [3.8, 4) is 0 Å². The first-order chi connectivity index (χ1) is 9.58. The molecular formula is C18H29NO. The van der Waals surface area contributed by atoms with Crippen molar-refractivity contribution in [2.75, 3.05) is 13.1 Å². The maximum atomic E-state index is 10.5. The van der Waals surface area contributed by atoms with Crippen LogP contribution >= 0.6 is 0 Å². The second-order valence-corrected chi connectivity index (χ2v) is 6.74. The molecule has 112 valence electrons. The van der Waals surface area contributed by atoms with Gasteiger partial charge in [0.15, 0.2) is 0 Å². The number of nitrogens with one attached hydrogen (secondary N) is 1. The lowest BCUT2D eigenvalue weighted by Crippen LogP contribution is -2.36. The molecule has 3 atom stereocenters. The fraction of sp³-hybridized carbons (Fsp3) is 0.667. The molecule has 0 heterocycles. The fourth-order valence-electron chi connectivity index (χ4n) is 3.36. The fourth-order valence-corrected chi connectivity index (χ4v) is 3.36. The van der Waals surface area contributed by atoms with E-state index >= 15 is 0 Å². The first kappa shape index (κ1) is 15.5. The van der Waals surface area contributed by atoms with E-state index in [0.29, 0.717) is 6.54 Å². The Morgan fingerprint density at radius 1 is 1.25 bits per heavy atom. The summed E-state index contributed by atoms with van der Waals surface area (Å²) in [7, 11) is 0. The Hall–Kier alpha value is -0.860. The summed E-state index contributed by atoms with van der Waals surface area (Å²) in [6, 6.07) is 9.92. The summed E-state index contributed by atoms with van der Waals surface area (Å²) >= 11 is 0. The molecular weight excluding hydrogens is 246 g/mol. The Morgan fingerprint density at radius 2 is 2.00 bits per heavy atom. The summed E-state index contributed by atoms with van der Waals surface area (Å²) in [6.45, 7) is 5.90. The monoisotopic (exact) mass is 275 g/mol. The van der Waals surface area contributed by atoms with Gasteiger partial charge in [-0.3, -0.25) is 0 Å². The highest BCUT2D eigenvalue weighted by molar-refractivity contribution is 5.21. The van der Waals surface area contributed by atoms with Gasteiger partial charge in [-0.2, -0.15) is 0 Å². The normalized spacial score (nSPS) is 26.1. The molecule has 1 aliphatic rings. The Kier molecular flexibility index (Phi) is 5.62. The minimum atomic E-state index is -0.777. The van der Waals surface area contributed by atoms with E-state index in [4.69, 9.17) is 0 Å². The topological polar surface area (TPSA) is 32.3 Å². The van der Waals surface area contributed by atoms with Crippen LogP contribution in [0, 0.1) is 11.8 Å². The zero-order chi connectivity index (χ0) is 14.4. The van der Waals surface area contributed by atoms with Gasteiger partial charge in [0.2, 0.25) is 0 Å². The van der Waals surface area contributed by atoms with Crippen LogP contribution in [0.2, 0.25) is 0 Å². The van der Waals surface area contributed by atoms with Crippen molar-refractivity contribution >= 4 is 0 Å². The SMILES string of the molecule is CC1CCCC(CCNCC(C)(O)c2ccccc2)C1. The zero-order valence-corrected chi connectivity index (χ0v) is 12.9. The van der Waals surface area contributed by atoms with E-state index in [0.717, 1.165) is 23.9 Å². The summed E-state index contributed by atoms with van der Waals surface area (Å²) in [5, 5.41) is 13.9. The third-order valence-electron chi connectivity index (χ3n) is 4.64. The van der Waals surface area contributed by atoms with Gasteiger partial charge in [-0.15, -0.1) is 0 Å². The van der Waals surface area contributed by atoms with Crippen molar-refractivity contribution in [3.05, 3.63) is 35.9 Å². The maximum absolute atomic E-state index is 10.5. The summed E-state index contributed by atoms with van der Waals surface area (Å²) in [5.41, 5.74) is 0.208. The van der Waals surface area contributed by atoms with Gasteiger partial charge < -0.3 is 10.4 Å². The predicted molar refractivity (Wildman–Crippen MR) is 84.6 cm³/mol. The molecule has 0 bridgehead atoms. The van der Waals surface area contributed by atoms with Crippen LogP contribution < -0.4 is 5.32 Å². The molecule has 0 saturated heterocycles. The van der Waals surface area contributed by atoms with Crippen molar-refractivity contribution in [2.24, 2.45) is 11.8 Å². The van der Waals surface area contributed by atoms with Gasteiger partial charge in [-0.25, -0.2) is 0 Å². The molecule has 2 rings (SSSR count). The highest BCUT2D eigenvalue weighted by Crippen LogP contribution is 2.30. The number of rotatable bonds is 6. The number of hydrogen-bond donors (Lipinski definition) is 2. The third kappa shape index (κ3) is 4.60. The molecule has 2 heteroatoms. The van der Waals surface area contributed by atoms with E-state index < -0.39 is 5.60 Å². The molecule has 3 unspecified atom stereocenters. The van der Waals surface area contributed by atoms with E-state index in [1.54, 1.807) is 0 Å². The van der Waals surface area contributed by atoms with Gasteiger partial charge in [-0.05, 0) is 43.7 Å². The zero-order valence-electron chi connectivity index (χ0n) is 12.9. The highest BCUT2D eigenvalue weighted by atomic mass is 16.3. The van der Waals surface area contributed by atoms with E-state index in [2.05, 4.69) is 12.2 Å². The Bertz CT molecular complexity index is 388. The molecule has 1 saturated carbocycles. The molecule has 1 aromatic rings. The molecule has 0 amide bonds. The molecule has 1 fully saturated rings. The summed E-state index contributed by atoms with van der Waals surface area (Å²) in [4.78, 5) is 0. The van der Waals surface area contributed by atoms with E-state index in [-0.39, 0.29) is 0 Å². The molecule has 20 heavy (non-hydrogen) atoms. The largest absolute Gasteiger partial charge is 0.384 e. The maximum Gasteiger partial charge on any atom is 0.0992 e. The van der Waals surface area contributed by atoms with Crippen LogP contribution in [0.4, 0.5) is 0 Å². The van der Waals surface area contributed by atoms with Gasteiger partial charge in [0.05, 0.1) is 5.60 Å². The quantitative estimate of drug-likeness (QED) is 0.776. The molecule has 0 radical (unpaired) electrons. The Morgan fingerprint density at radius 3 is 2.70 bits per heavy atom. The molecule has 2 nitrogen and oxygen atoms in total. The van der Waals surface area contributed by atoms with Gasteiger partial charge in [-0.1, -0.05) is 56.5 Å². The number of hydrogen-bond acceptors (Lipinski definition) is 2. The first-order valence-corrected chi connectivity index (χ1v) is 8.06. The average molecular weight is 275 g/mol. The summed E-state index contributed by atoms with van der Waals surface area (Å²) in [6.07, 6.45) is 6.83. The standard InChI is InChI=1S/C18H29NO/c1-15-7-6-8-16(13-15)11-12-19-14-18(2,20)17-9-4-3-5-10-17/h3-5,9-10,15-16,19-20H,6-8,11-14H2,1-2H3. The predicted octanol–water partition coefficient (Wildman–Crippen LogP) is 3.70. The van der Waals surface area contributed by atoms with Crippen molar-refractivity contribution in [1.29, 1.82) is 0 Å². The van der Waals surface area contributed by atoms with E-state index in [1.807, 2.05) is 37.3 Å². The molecule has 1 aliphatic carbocycles. The smallest absolute Gasteiger partial charge is 0.0992 e. The van der Waals surface area contributed by atoms with Crippen LogP contribution in [0.15, 0.2) is 30.3 Å². The summed E-state index contributed by atoms with van der Waals surface area (Å²) in [5.74, 6) is 1.79. The molecule has 0 spiro atoms. The number of aliphatic hydroxyl groups is 1. The van der Waals surface area contributed by atoms with Crippen molar-refractivity contribution in [1.82, 2.24) is 5.32 Å². The Labute approximate surface area is 123 Å². The molecule has 0 aromatic heterocycles. The lowest BCUT2D eigenvalue weighted by atomic mass is 9.81. The van der Waals surface area contributed by atoms with Crippen LogP contribution in [0.1, 0.15) is 51.5 Å². The lowest BCUT2D eigenvalue weighted by molar-refractivity contribution is 0.0565. The van der Waals surface area contributed by atoms with Crippen LogP contribution in [-0.2, 0) is 5.60 Å². The second-order valence-electron chi connectivity index (χ2n) is 6.74. The molecule has 2 N–H and O–H groups in total. The van der Waals surface area contributed by atoms with E-state index in [9.17, 15) is 5.11 Å². The summed E-state index contributed by atoms with van der Waals surface area (Å²) < 4.78 is 0. The Balaban J connectivity index is 1.70. The van der Waals surface area contributed by atoms with Gasteiger partial charge in [0, 0.05) is 6.54 Å². The average Bonchev–Trinajstić information content (AvgIpc) is 2.45. The highest BCUT2D eigenvalue weighted by Gasteiger charge is 2.23. The molecule has 1 aromatic carbocycles. The van der Waals surface area contributed by atoms with Crippen molar-refractivity contribution in [2.45, 2.75) is 51.6 Å². The second kappa shape index (κ2) is 7.24. The van der Waals surface area contributed by atoms with Gasteiger partial charge in [0.1, 0.15) is 0 Å². The van der Waals surface area contributed by atoms with Crippen LogP contribution in [-0.4, -0.2) is 18.2 Å². The van der Waals surface area contributed by atoms with Crippen LogP contribution in [0.3, 0.4) is 0 Å². The van der Waals surface area contributed by atoms with Gasteiger partial charge >= 0.3 is 0 Å². The first-order valence-electron chi connectivity index (χ1n) is 8.06. The minimum absolute atomic E-state index is 0.624. The van der Waals surface area contributed by atoms with E-state index in [1.165, 1.54) is 32.1 Å². The lowest BCUT2D eigenvalue weighted by Gasteiger charge is -2.28. The van der Waals surface area contributed by atoms with Crippen LogP contribution in [0.5, 0.6) is 0 Å². The van der Waals surface area contributed by atoms with Crippen molar-refractivity contribution < 1.29 is 5.11 Å². The van der Waals surface area contributed by atoms with Crippen molar-refractivity contribution in [3.63, 3.8) is 0 Å². The minimum Gasteiger partial charge on any atom is -0.384 e. The molecule has 0 aliphatic heterocycles. The third-order valence-corrected chi connectivity index (χ3v) is 4.64. The number of benzene rings is 1. The van der Waals surface area contributed by atoms with Crippen LogP contribution in [0.25, 0.3) is 0 Å². The van der Waals surface area contributed by atoms with Gasteiger partial charge in [0.25, 0.3) is 0 Å².